The second-order valence-electron chi connectivity index (χ2n) is 13.0. The molecule has 4 aromatic rings. The van der Waals surface area contributed by atoms with E-state index in [4.69, 9.17) is 0 Å². The molecule has 0 spiro atoms. The molecule has 3 aliphatic rings. The largest absolute Gasteiger partial charge is 0.416 e. The first kappa shape index (κ1) is 34.0. The molecule has 0 atom stereocenters. The lowest BCUT2D eigenvalue weighted by Gasteiger charge is -2.45. The minimum Gasteiger partial charge on any atom is -0.166 e. The van der Waals surface area contributed by atoms with Crippen LogP contribution in [-0.2, 0) is 37.5 Å². The van der Waals surface area contributed by atoms with E-state index in [9.17, 15) is 52.7 Å². The zero-order valence-corrected chi connectivity index (χ0v) is 25.7. The third-order valence-electron chi connectivity index (χ3n) is 10.0. The molecule has 50 heavy (non-hydrogen) atoms. The van der Waals surface area contributed by atoms with E-state index in [1.807, 2.05) is 12.2 Å². The molecular weight excluding hydrogens is 684 g/mol. The van der Waals surface area contributed by atoms with Gasteiger partial charge in [0.1, 0.15) is 0 Å². The molecule has 0 saturated heterocycles. The smallest absolute Gasteiger partial charge is 0.166 e. The Kier molecular flexibility index (Phi) is 7.66. The minimum absolute atomic E-state index is 0.0824. The molecule has 4 aromatic carbocycles. The van der Waals surface area contributed by atoms with Gasteiger partial charge in [-0.3, -0.25) is 0 Å². The summed E-state index contributed by atoms with van der Waals surface area (Å²) >= 11 is 0. The summed E-state index contributed by atoms with van der Waals surface area (Å²) in [4.78, 5) is 0. The standard InChI is InChI=1S/C38H24F12/c39-35(40,41)26-12-22(13-27(16-26)36(42,43)44)30-6-1-4-20-10-24(18-32(20)30)34(8-3-9-34)25-11-21-5-2-7-31(33(21)19-25)23-14-28(37(45,46)47)17-29(15-23)38(48,49)50/h1-2,4-7,12-19H,3,8-11H2. The molecule has 7 rings (SSSR count). The molecule has 260 valence electrons. The highest BCUT2D eigenvalue weighted by Gasteiger charge is 2.46. The monoisotopic (exact) mass is 708 g/mol. The van der Waals surface area contributed by atoms with Crippen LogP contribution >= 0.6 is 0 Å². The second-order valence-corrected chi connectivity index (χ2v) is 13.0. The van der Waals surface area contributed by atoms with Gasteiger partial charge in [0.15, 0.2) is 0 Å². The van der Waals surface area contributed by atoms with Crippen LogP contribution in [0.25, 0.3) is 34.4 Å². The first-order chi connectivity index (χ1) is 23.2. The van der Waals surface area contributed by atoms with Crippen molar-refractivity contribution in [3.63, 3.8) is 0 Å². The summed E-state index contributed by atoms with van der Waals surface area (Å²) in [5.74, 6) is 0. The van der Waals surface area contributed by atoms with Gasteiger partial charge in [0.05, 0.1) is 22.3 Å². The molecule has 0 unspecified atom stereocenters. The van der Waals surface area contributed by atoms with Gasteiger partial charge in [-0.05, 0) is 107 Å². The number of halogens is 12. The predicted molar refractivity (Wildman–Crippen MR) is 163 cm³/mol. The Balaban J connectivity index is 1.30. The van der Waals surface area contributed by atoms with Crippen molar-refractivity contribution in [2.24, 2.45) is 5.41 Å². The molecule has 0 aromatic heterocycles. The van der Waals surface area contributed by atoms with Crippen molar-refractivity contribution in [1.29, 1.82) is 0 Å². The molecule has 0 aliphatic heterocycles. The van der Waals surface area contributed by atoms with Gasteiger partial charge >= 0.3 is 24.7 Å². The zero-order chi connectivity index (χ0) is 36.0. The van der Waals surface area contributed by atoms with Crippen LogP contribution in [0.1, 0.15) is 63.8 Å². The first-order valence-corrected chi connectivity index (χ1v) is 15.5. The Labute approximate surface area is 277 Å². The maximum atomic E-state index is 13.7. The van der Waals surface area contributed by atoms with Gasteiger partial charge in [-0.1, -0.05) is 66.1 Å². The molecule has 3 aliphatic carbocycles. The molecule has 0 amide bonds. The molecule has 0 nitrogen and oxygen atoms in total. The molecule has 0 bridgehead atoms. The number of alkyl halides is 12. The van der Waals surface area contributed by atoms with Crippen molar-refractivity contribution in [3.8, 4) is 22.3 Å². The lowest BCUT2D eigenvalue weighted by Crippen LogP contribution is -2.34. The van der Waals surface area contributed by atoms with Gasteiger partial charge in [-0.2, -0.15) is 52.7 Å². The highest BCUT2D eigenvalue weighted by Crippen LogP contribution is 2.59. The second kappa shape index (κ2) is 11.3. The van der Waals surface area contributed by atoms with Crippen LogP contribution in [0.15, 0.2) is 83.9 Å². The fraction of sp³-hybridized carbons (Fsp3) is 0.263. The van der Waals surface area contributed by atoms with Crippen molar-refractivity contribution < 1.29 is 52.7 Å². The average Bonchev–Trinajstić information content (AvgIpc) is 3.63. The normalized spacial score (nSPS) is 17.2. The first-order valence-electron chi connectivity index (χ1n) is 15.5. The predicted octanol–water partition coefficient (Wildman–Crippen LogP) is 12.8. The average molecular weight is 709 g/mol. The van der Waals surface area contributed by atoms with E-state index in [1.54, 1.807) is 24.3 Å². The van der Waals surface area contributed by atoms with Crippen molar-refractivity contribution in [2.45, 2.75) is 56.8 Å². The maximum absolute atomic E-state index is 13.7. The topological polar surface area (TPSA) is 0 Å². The van der Waals surface area contributed by atoms with Crippen molar-refractivity contribution in [3.05, 3.63) is 128 Å². The highest BCUT2D eigenvalue weighted by atomic mass is 19.4. The summed E-state index contributed by atoms with van der Waals surface area (Å²) in [7, 11) is 0. The van der Waals surface area contributed by atoms with Crippen LogP contribution in [0, 0.1) is 5.41 Å². The summed E-state index contributed by atoms with van der Waals surface area (Å²) < 4.78 is 164. The highest BCUT2D eigenvalue weighted by molar-refractivity contribution is 5.85. The Morgan fingerprint density at radius 3 is 1.06 bits per heavy atom. The van der Waals surface area contributed by atoms with E-state index in [0.717, 1.165) is 28.7 Å². The fourth-order valence-corrected chi connectivity index (χ4v) is 7.45. The fourth-order valence-electron chi connectivity index (χ4n) is 7.45. The number of hydrogen-bond donors (Lipinski definition) is 0. The summed E-state index contributed by atoms with van der Waals surface area (Å²) in [6.45, 7) is 0. The Bertz CT molecular complexity index is 1870. The van der Waals surface area contributed by atoms with Crippen molar-refractivity contribution in [2.75, 3.05) is 0 Å². The number of benzene rings is 4. The van der Waals surface area contributed by atoms with Gasteiger partial charge < -0.3 is 0 Å². The maximum Gasteiger partial charge on any atom is 0.416 e. The van der Waals surface area contributed by atoms with E-state index in [0.29, 0.717) is 61.1 Å². The van der Waals surface area contributed by atoms with Crippen LogP contribution in [0.4, 0.5) is 52.7 Å². The van der Waals surface area contributed by atoms with Gasteiger partial charge in [0, 0.05) is 5.41 Å². The van der Waals surface area contributed by atoms with Crippen LogP contribution in [0.3, 0.4) is 0 Å². The molecule has 1 saturated carbocycles. The van der Waals surface area contributed by atoms with E-state index < -0.39 is 52.4 Å². The van der Waals surface area contributed by atoms with Crippen LogP contribution in [0.2, 0.25) is 0 Å². The summed E-state index contributed by atoms with van der Waals surface area (Å²) in [6, 6.07) is 12.6. The third kappa shape index (κ3) is 5.90. The van der Waals surface area contributed by atoms with Gasteiger partial charge in [0.25, 0.3) is 0 Å². The zero-order valence-electron chi connectivity index (χ0n) is 25.7. The van der Waals surface area contributed by atoms with E-state index in [-0.39, 0.29) is 34.4 Å². The molecule has 0 N–H and O–H groups in total. The molecule has 12 heteroatoms. The summed E-state index contributed by atoms with van der Waals surface area (Å²) in [5, 5.41) is 0. The number of allylic oxidation sites excluding steroid dienone is 2. The molecular formula is C38H24F12. The summed E-state index contributed by atoms with van der Waals surface area (Å²) in [5.41, 5.74) is -2.08. The quantitative estimate of drug-likeness (QED) is 0.185. The van der Waals surface area contributed by atoms with E-state index >= 15 is 0 Å². The Morgan fingerprint density at radius 1 is 0.440 bits per heavy atom. The number of rotatable bonds is 4. The SMILES string of the molecule is FC(F)(F)c1cc(-c2cccc3c2C=C(C2(C4=Cc5c(cccc5-c5cc(C(F)(F)F)cc(C(F)(F)F)c5)C4)CCC2)C3)cc(C(F)(F)F)c1. The lowest BCUT2D eigenvalue weighted by atomic mass is 9.59. The van der Waals surface area contributed by atoms with Crippen LogP contribution in [-0.4, -0.2) is 0 Å². The number of fused-ring (bicyclic) bond motifs is 2. The van der Waals surface area contributed by atoms with Crippen molar-refractivity contribution in [1.82, 2.24) is 0 Å². The molecule has 1 fully saturated rings. The lowest BCUT2D eigenvalue weighted by molar-refractivity contribution is -0.144. The van der Waals surface area contributed by atoms with Crippen LogP contribution < -0.4 is 0 Å². The van der Waals surface area contributed by atoms with Crippen molar-refractivity contribution >= 4 is 12.2 Å². The van der Waals surface area contributed by atoms with Gasteiger partial charge in [0.2, 0.25) is 0 Å². The Morgan fingerprint density at radius 2 is 0.780 bits per heavy atom. The number of hydrogen-bond acceptors (Lipinski definition) is 0. The summed E-state index contributed by atoms with van der Waals surface area (Å²) in [6.07, 6.45) is -13.6. The minimum atomic E-state index is -5.02. The molecule has 0 heterocycles. The van der Waals surface area contributed by atoms with Crippen LogP contribution in [0.5, 0.6) is 0 Å². The van der Waals surface area contributed by atoms with Gasteiger partial charge in [-0.25, -0.2) is 0 Å². The van der Waals surface area contributed by atoms with E-state index in [2.05, 4.69) is 0 Å². The van der Waals surface area contributed by atoms with E-state index in [1.165, 1.54) is 12.1 Å². The molecule has 0 radical (unpaired) electrons. The third-order valence-corrected chi connectivity index (χ3v) is 10.0. The Hall–Kier alpha value is -4.48. The van der Waals surface area contributed by atoms with Gasteiger partial charge in [-0.15, -0.1) is 0 Å².